The number of fused-ring (bicyclic) bond motifs is 1. The molecule has 25 heavy (non-hydrogen) atoms. The second-order valence-electron chi connectivity index (χ2n) is 6.23. The monoisotopic (exact) mass is 375 g/mol. The summed E-state index contributed by atoms with van der Waals surface area (Å²) in [5.41, 5.74) is 1.99. The number of nitrogens with one attached hydrogen (secondary N) is 1. The highest BCUT2D eigenvalue weighted by Gasteiger charge is 2.21. The number of amides is 1. The van der Waals surface area contributed by atoms with Crippen molar-refractivity contribution in [2.45, 2.75) is 31.1 Å². The van der Waals surface area contributed by atoms with Gasteiger partial charge in [0.2, 0.25) is 0 Å². The van der Waals surface area contributed by atoms with Gasteiger partial charge >= 0.3 is 5.97 Å². The van der Waals surface area contributed by atoms with Crippen LogP contribution in [0.2, 0.25) is 0 Å². The molecule has 0 radical (unpaired) electrons. The summed E-state index contributed by atoms with van der Waals surface area (Å²) in [6, 6.07) is 9.47. The number of esters is 1. The lowest BCUT2D eigenvalue weighted by atomic mass is 9.90. The van der Waals surface area contributed by atoms with Crippen molar-refractivity contribution in [1.82, 2.24) is 0 Å². The minimum Gasteiger partial charge on any atom is -0.451 e. The lowest BCUT2D eigenvalue weighted by molar-refractivity contribution is -0.119. The minimum absolute atomic E-state index is 0.277. The first-order valence-electron chi connectivity index (χ1n) is 8.28. The standard InChI is InChI=1S/C19H21NO3S2/c1-12-7-8-15-13(9-12)10-17(25-15)19(22)23-11-18(21)20-14-5-3-4-6-16(14)24-2/h3-6,10,12H,7-9,11H2,1-2H3,(H,20,21)/t12-/m0/s1. The number of thiophene rings is 1. The lowest BCUT2D eigenvalue weighted by Crippen LogP contribution is -2.20. The fourth-order valence-electron chi connectivity index (χ4n) is 2.94. The highest BCUT2D eigenvalue weighted by molar-refractivity contribution is 7.98. The van der Waals surface area contributed by atoms with E-state index in [1.165, 1.54) is 28.2 Å². The number of aryl methyl sites for hydroxylation is 1. The van der Waals surface area contributed by atoms with E-state index in [1.807, 2.05) is 36.6 Å². The highest BCUT2D eigenvalue weighted by Crippen LogP contribution is 2.32. The molecule has 6 heteroatoms. The topological polar surface area (TPSA) is 55.4 Å². The van der Waals surface area contributed by atoms with Crippen LogP contribution in [0.4, 0.5) is 5.69 Å². The van der Waals surface area contributed by atoms with Crippen LogP contribution in [0.25, 0.3) is 0 Å². The molecular weight excluding hydrogens is 354 g/mol. The summed E-state index contributed by atoms with van der Waals surface area (Å²) in [6.07, 6.45) is 5.16. The Labute approximate surface area is 156 Å². The van der Waals surface area contributed by atoms with Crippen molar-refractivity contribution in [2.75, 3.05) is 18.2 Å². The third kappa shape index (κ3) is 4.44. The number of benzene rings is 1. The molecule has 132 valence electrons. The molecular formula is C19H21NO3S2. The van der Waals surface area contributed by atoms with Crippen LogP contribution in [0.5, 0.6) is 0 Å². The Bertz CT molecular complexity index is 785. The van der Waals surface area contributed by atoms with Gasteiger partial charge < -0.3 is 10.1 Å². The van der Waals surface area contributed by atoms with Crippen molar-refractivity contribution in [3.8, 4) is 0 Å². The SMILES string of the molecule is CSc1ccccc1NC(=O)COC(=O)c1cc2c(s1)CC[C@H](C)C2. The number of anilines is 1. The Hall–Kier alpha value is -1.79. The smallest absolute Gasteiger partial charge is 0.348 e. The maximum absolute atomic E-state index is 12.2. The maximum Gasteiger partial charge on any atom is 0.348 e. The molecule has 0 bridgehead atoms. The fraction of sp³-hybridized carbons (Fsp3) is 0.368. The van der Waals surface area contributed by atoms with Gasteiger partial charge in [-0.2, -0.15) is 0 Å². The van der Waals surface area contributed by atoms with Gasteiger partial charge in [0.15, 0.2) is 6.61 Å². The zero-order valence-corrected chi connectivity index (χ0v) is 16.0. The van der Waals surface area contributed by atoms with Gasteiger partial charge in [-0.3, -0.25) is 4.79 Å². The molecule has 0 saturated carbocycles. The second-order valence-corrected chi connectivity index (χ2v) is 8.22. The normalized spacial score (nSPS) is 16.2. The Morgan fingerprint density at radius 1 is 1.36 bits per heavy atom. The van der Waals surface area contributed by atoms with Gasteiger partial charge in [-0.15, -0.1) is 23.1 Å². The quantitative estimate of drug-likeness (QED) is 0.622. The summed E-state index contributed by atoms with van der Waals surface area (Å²) in [7, 11) is 0. The average Bonchev–Trinajstić information content (AvgIpc) is 3.03. The van der Waals surface area contributed by atoms with Crippen molar-refractivity contribution in [3.05, 3.63) is 45.6 Å². The van der Waals surface area contributed by atoms with Crippen molar-refractivity contribution < 1.29 is 14.3 Å². The predicted octanol–water partition coefficient (Wildman–Crippen LogP) is 4.39. The highest BCUT2D eigenvalue weighted by atomic mass is 32.2. The first-order valence-corrected chi connectivity index (χ1v) is 10.3. The molecule has 0 unspecified atom stereocenters. The molecule has 0 fully saturated rings. The molecule has 4 nitrogen and oxygen atoms in total. The number of hydrogen-bond donors (Lipinski definition) is 1. The van der Waals surface area contributed by atoms with E-state index in [-0.39, 0.29) is 12.5 Å². The van der Waals surface area contributed by atoms with Gasteiger partial charge in [0.1, 0.15) is 4.88 Å². The molecule has 2 aromatic rings. The van der Waals surface area contributed by atoms with Crippen molar-refractivity contribution in [3.63, 3.8) is 0 Å². The molecule has 1 atom stereocenters. The summed E-state index contributed by atoms with van der Waals surface area (Å²) in [6.45, 7) is 1.95. The molecule has 0 aliphatic heterocycles. The lowest BCUT2D eigenvalue weighted by Gasteiger charge is -2.16. The number of carbonyl (C=O) groups excluding carboxylic acids is 2. The largest absolute Gasteiger partial charge is 0.451 e. The van der Waals surface area contributed by atoms with Crippen molar-refractivity contribution in [1.29, 1.82) is 0 Å². The number of ether oxygens (including phenoxy) is 1. The van der Waals surface area contributed by atoms with E-state index in [4.69, 9.17) is 4.74 Å². The third-order valence-corrected chi connectivity index (χ3v) is 6.26. The van der Waals surface area contributed by atoms with Crippen LogP contribution < -0.4 is 5.32 Å². The van der Waals surface area contributed by atoms with Crippen LogP contribution in [0, 0.1) is 5.92 Å². The molecule has 1 N–H and O–H groups in total. The molecule has 0 saturated heterocycles. The van der Waals surface area contributed by atoms with E-state index in [0.717, 1.165) is 23.4 Å². The van der Waals surface area contributed by atoms with Crippen LogP contribution in [0.1, 0.15) is 33.5 Å². The summed E-state index contributed by atoms with van der Waals surface area (Å²) in [5, 5.41) is 2.79. The van der Waals surface area contributed by atoms with E-state index >= 15 is 0 Å². The zero-order valence-electron chi connectivity index (χ0n) is 14.3. The van der Waals surface area contributed by atoms with Crippen LogP contribution in [-0.4, -0.2) is 24.7 Å². The average molecular weight is 376 g/mol. The Kier molecular flexibility index (Phi) is 5.81. The Morgan fingerprint density at radius 3 is 2.96 bits per heavy atom. The first kappa shape index (κ1) is 18.0. The van der Waals surface area contributed by atoms with Crippen LogP contribution in [0.3, 0.4) is 0 Å². The number of rotatable bonds is 5. The molecule has 1 aliphatic rings. The summed E-state index contributed by atoms with van der Waals surface area (Å²) in [5.74, 6) is -0.0848. The Balaban J connectivity index is 1.56. The van der Waals surface area contributed by atoms with Gasteiger partial charge in [-0.1, -0.05) is 19.1 Å². The van der Waals surface area contributed by atoms with Gasteiger partial charge in [-0.05, 0) is 55.2 Å². The summed E-state index contributed by atoms with van der Waals surface area (Å²) >= 11 is 3.05. The molecule has 0 spiro atoms. The summed E-state index contributed by atoms with van der Waals surface area (Å²) in [4.78, 5) is 27.1. The zero-order chi connectivity index (χ0) is 17.8. The molecule has 3 rings (SSSR count). The molecule has 1 aromatic heterocycles. The fourth-order valence-corrected chi connectivity index (χ4v) is 4.60. The van der Waals surface area contributed by atoms with Crippen LogP contribution in [0.15, 0.2) is 35.2 Å². The Morgan fingerprint density at radius 2 is 2.16 bits per heavy atom. The van der Waals surface area contributed by atoms with E-state index < -0.39 is 5.97 Å². The van der Waals surface area contributed by atoms with Crippen LogP contribution in [-0.2, 0) is 22.4 Å². The van der Waals surface area contributed by atoms with Crippen LogP contribution >= 0.6 is 23.1 Å². The maximum atomic E-state index is 12.2. The summed E-state index contributed by atoms with van der Waals surface area (Å²) < 4.78 is 5.19. The van der Waals surface area contributed by atoms with Gasteiger partial charge in [0.25, 0.3) is 5.91 Å². The number of hydrogen-bond acceptors (Lipinski definition) is 5. The van der Waals surface area contributed by atoms with E-state index in [9.17, 15) is 9.59 Å². The van der Waals surface area contributed by atoms with E-state index in [2.05, 4.69) is 12.2 Å². The van der Waals surface area contributed by atoms with Gasteiger partial charge in [-0.25, -0.2) is 4.79 Å². The third-order valence-electron chi connectivity index (χ3n) is 4.25. The number of thioether (sulfide) groups is 1. The van der Waals surface area contributed by atoms with Gasteiger partial charge in [0.05, 0.1) is 5.69 Å². The van der Waals surface area contributed by atoms with E-state index in [0.29, 0.717) is 10.8 Å². The van der Waals surface area contributed by atoms with Gasteiger partial charge in [0, 0.05) is 9.77 Å². The van der Waals surface area contributed by atoms with Crippen molar-refractivity contribution in [2.24, 2.45) is 5.92 Å². The molecule has 1 amide bonds. The predicted molar refractivity (Wildman–Crippen MR) is 103 cm³/mol. The second kappa shape index (κ2) is 8.06. The number of carbonyl (C=O) groups is 2. The minimum atomic E-state index is -0.416. The molecule has 1 aliphatic carbocycles. The number of para-hydroxylation sites is 1. The first-order chi connectivity index (χ1) is 12.1. The molecule has 1 heterocycles. The molecule has 1 aromatic carbocycles. The van der Waals surface area contributed by atoms with Crippen molar-refractivity contribution >= 4 is 40.7 Å². The van der Waals surface area contributed by atoms with E-state index in [1.54, 1.807) is 11.8 Å².